The Morgan fingerprint density at radius 3 is 3.00 bits per heavy atom. The second-order valence-electron chi connectivity index (χ2n) is 6.08. The third-order valence-corrected chi connectivity index (χ3v) is 5.19. The topological polar surface area (TPSA) is 66.4 Å². The Kier molecular flexibility index (Phi) is 4.91. The third kappa shape index (κ3) is 3.88. The third-order valence-electron chi connectivity index (χ3n) is 4.23. The number of thiazole rings is 1. The molecule has 1 aromatic heterocycles. The van der Waals surface area contributed by atoms with E-state index in [4.69, 9.17) is 0 Å². The molecular formula is C17H22N4OS. The maximum Gasteiger partial charge on any atom is 0.262 e. The summed E-state index contributed by atoms with van der Waals surface area (Å²) in [4.78, 5) is 16.7. The number of fused-ring (bicyclic) bond motifs is 1. The van der Waals surface area contributed by atoms with E-state index in [2.05, 4.69) is 27.8 Å². The lowest BCUT2D eigenvalue weighted by molar-refractivity contribution is -0.121. The zero-order valence-electron chi connectivity index (χ0n) is 13.5. The van der Waals surface area contributed by atoms with Crippen molar-refractivity contribution < 1.29 is 4.79 Å². The number of carbonyl (C=O) groups is 1. The summed E-state index contributed by atoms with van der Waals surface area (Å²) < 4.78 is 1.11. The number of carbonyl (C=O) groups excluding carboxylic acids is 1. The van der Waals surface area contributed by atoms with Crippen LogP contribution in [0.4, 0.5) is 5.13 Å². The highest BCUT2D eigenvalue weighted by Gasteiger charge is 2.18. The summed E-state index contributed by atoms with van der Waals surface area (Å²) in [6.45, 7) is 4.00. The van der Waals surface area contributed by atoms with Gasteiger partial charge in [-0.2, -0.15) is 5.10 Å². The minimum Gasteiger partial charge on any atom is -0.350 e. The summed E-state index contributed by atoms with van der Waals surface area (Å²) >= 11 is 1.55. The number of benzene rings is 1. The van der Waals surface area contributed by atoms with Gasteiger partial charge in [-0.15, -0.1) is 0 Å². The van der Waals surface area contributed by atoms with E-state index >= 15 is 0 Å². The van der Waals surface area contributed by atoms with Crippen LogP contribution in [0.5, 0.6) is 0 Å². The lowest BCUT2D eigenvalue weighted by Gasteiger charge is -2.20. The van der Waals surface area contributed by atoms with Gasteiger partial charge in [0.05, 0.1) is 10.2 Å². The van der Waals surface area contributed by atoms with Crippen LogP contribution in [0.15, 0.2) is 29.4 Å². The summed E-state index contributed by atoms with van der Waals surface area (Å²) in [5, 5.41) is 8.24. The highest BCUT2D eigenvalue weighted by atomic mass is 32.1. The van der Waals surface area contributed by atoms with Crippen molar-refractivity contribution in [2.45, 2.75) is 45.6 Å². The van der Waals surface area contributed by atoms with Gasteiger partial charge in [0.1, 0.15) is 6.04 Å². The van der Waals surface area contributed by atoms with Crippen LogP contribution in [-0.2, 0) is 4.79 Å². The quantitative estimate of drug-likeness (QED) is 0.838. The van der Waals surface area contributed by atoms with Gasteiger partial charge in [0.2, 0.25) is 0 Å². The molecule has 1 amide bonds. The number of anilines is 1. The lowest BCUT2D eigenvalue weighted by Crippen LogP contribution is -2.36. The lowest BCUT2D eigenvalue weighted by atomic mass is 9.89. The van der Waals surface area contributed by atoms with Gasteiger partial charge in [-0.25, -0.2) is 10.4 Å². The largest absolute Gasteiger partial charge is 0.350 e. The van der Waals surface area contributed by atoms with Crippen LogP contribution in [0.25, 0.3) is 10.2 Å². The summed E-state index contributed by atoms with van der Waals surface area (Å²) in [5.74, 6) is 0.339. The molecular weight excluding hydrogens is 308 g/mol. The second-order valence-corrected chi connectivity index (χ2v) is 7.11. The minimum absolute atomic E-state index is 0.130. The van der Waals surface area contributed by atoms with E-state index in [0.29, 0.717) is 5.92 Å². The van der Waals surface area contributed by atoms with Crippen LogP contribution in [0, 0.1) is 5.92 Å². The van der Waals surface area contributed by atoms with Gasteiger partial charge >= 0.3 is 0 Å². The molecule has 1 aliphatic carbocycles. The zero-order valence-corrected chi connectivity index (χ0v) is 14.3. The number of hydrogen-bond acceptors (Lipinski definition) is 5. The number of nitrogens with one attached hydrogen (secondary N) is 2. The molecule has 6 heteroatoms. The summed E-state index contributed by atoms with van der Waals surface area (Å²) in [6.07, 6.45) is 4.57. The molecule has 1 aliphatic rings. The number of nitrogens with zero attached hydrogens (tertiary/aromatic N) is 2. The van der Waals surface area contributed by atoms with Gasteiger partial charge in [0.15, 0.2) is 5.13 Å². The van der Waals surface area contributed by atoms with Crippen molar-refractivity contribution in [2.75, 3.05) is 5.32 Å². The SMILES string of the molecule is C[C@@H]1CCCCC1=NNC(=O)[C@@H](C)Nc1nc2ccccc2s1. The fraction of sp³-hybridized carbons (Fsp3) is 0.471. The van der Waals surface area contributed by atoms with E-state index in [1.165, 1.54) is 12.8 Å². The summed E-state index contributed by atoms with van der Waals surface area (Å²) in [7, 11) is 0. The van der Waals surface area contributed by atoms with Crippen molar-refractivity contribution in [1.82, 2.24) is 10.4 Å². The molecule has 5 nitrogen and oxygen atoms in total. The molecule has 23 heavy (non-hydrogen) atoms. The Hall–Kier alpha value is -1.95. The average molecular weight is 330 g/mol. The molecule has 1 fully saturated rings. The van der Waals surface area contributed by atoms with Crippen LogP contribution in [0.2, 0.25) is 0 Å². The van der Waals surface area contributed by atoms with Crippen molar-refractivity contribution in [2.24, 2.45) is 11.0 Å². The number of hydrogen-bond donors (Lipinski definition) is 2. The molecule has 1 saturated carbocycles. The second kappa shape index (κ2) is 7.08. The monoisotopic (exact) mass is 330 g/mol. The maximum absolute atomic E-state index is 12.2. The van der Waals surface area contributed by atoms with Gasteiger partial charge in [0.25, 0.3) is 5.91 Å². The smallest absolute Gasteiger partial charge is 0.262 e. The van der Waals surface area contributed by atoms with Crippen molar-refractivity contribution in [3.63, 3.8) is 0 Å². The molecule has 0 spiro atoms. The first-order chi connectivity index (χ1) is 11.1. The zero-order chi connectivity index (χ0) is 16.2. The van der Waals surface area contributed by atoms with Crippen molar-refractivity contribution in [1.29, 1.82) is 0 Å². The molecule has 122 valence electrons. The predicted octanol–water partition coefficient (Wildman–Crippen LogP) is 3.78. The van der Waals surface area contributed by atoms with Gasteiger partial charge in [-0.05, 0) is 44.2 Å². The van der Waals surface area contributed by atoms with E-state index in [-0.39, 0.29) is 11.9 Å². The summed E-state index contributed by atoms with van der Waals surface area (Å²) in [6, 6.07) is 7.57. The van der Waals surface area contributed by atoms with E-state index in [0.717, 1.165) is 33.9 Å². The Morgan fingerprint density at radius 2 is 2.22 bits per heavy atom. The van der Waals surface area contributed by atoms with Crippen LogP contribution in [0.1, 0.15) is 39.5 Å². The van der Waals surface area contributed by atoms with E-state index in [1.54, 1.807) is 11.3 Å². The molecule has 1 heterocycles. The van der Waals surface area contributed by atoms with Crippen LogP contribution >= 0.6 is 11.3 Å². The van der Waals surface area contributed by atoms with Gasteiger partial charge in [-0.3, -0.25) is 4.79 Å². The first-order valence-corrected chi connectivity index (χ1v) is 8.93. The Labute approximate surface area is 140 Å². The highest BCUT2D eigenvalue weighted by molar-refractivity contribution is 7.22. The number of para-hydroxylation sites is 1. The highest BCUT2D eigenvalue weighted by Crippen LogP contribution is 2.25. The number of hydrazone groups is 1. The summed E-state index contributed by atoms with van der Waals surface area (Å²) in [5.41, 5.74) is 4.76. The fourth-order valence-corrected chi connectivity index (χ4v) is 3.70. The molecule has 0 unspecified atom stereocenters. The number of aromatic nitrogens is 1. The fourth-order valence-electron chi connectivity index (χ4n) is 2.74. The molecule has 2 N–H and O–H groups in total. The molecule has 0 bridgehead atoms. The first-order valence-electron chi connectivity index (χ1n) is 8.12. The molecule has 3 rings (SSSR count). The Morgan fingerprint density at radius 1 is 1.39 bits per heavy atom. The normalized spacial score (nSPS) is 21.3. The van der Waals surface area contributed by atoms with Crippen molar-refractivity contribution in [3.8, 4) is 0 Å². The van der Waals surface area contributed by atoms with E-state index in [9.17, 15) is 4.79 Å². The molecule has 2 atom stereocenters. The molecule has 0 aliphatic heterocycles. The average Bonchev–Trinajstić information content (AvgIpc) is 2.96. The van der Waals surface area contributed by atoms with E-state index in [1.807, 2.05) is 31.2 Å². The maximum atomic E-state index is 12.2. The first kappa shape index (κ1) is 15.9. The van der Waals surface area contributed by atoms with Crippen LogP contribution in [-0.4, -0.2) is 22.6 Å². The predicted molar refractivity (Wildman–Crippen MR) is 95.9 cm³/mol. The van der Waals surface area contributed by atoms with Crippen molar-refractivity contribution >= 4 is 38.3 Å². The van der Waals surface area contributed by atoms with Crippen LogP contribution < -0.4 is 10.7 Å². The Bertz CT molecular complexity index is 691. The standard InChI is InChI=1S/C17H22N4OS/c1-11-7-3-4-8-13(11)20-21-16(22)12(2)18-17-19-14-9-5-6-10-15(14)23-17/h5-6,9-12H,3-4,7-8H2,1-2H3,(H,18,19)(H,21,22)/t11-,12-/m1/s1. The molecule has 1 aromatic carbocycles. The van der Waals surface area contributed by atoms with Gasteiger partial charge in [0, 0.05) is 5.71 Å². The molecule has 2 aromatic rings. The Balaban J connectivity index is 1.59. The number of rotatable bonds is 4. The minimum atomic E-state index is -0.376. The molecule has 0 radical (unpaired) electrons. The van der Waals surface area contributed by atoms with E-state index < -0.39 is 0 Å². The number of amides is 1. The van der Waals surface area contributed by atoms with Crippen molar-refractivity contribution in [3.05, 3.63) is 24.3 Å². The van der Waals surface area contributed by atoms with Gasteiger partial charge < -0.3 is 5.32 Å². The van der Waals surface area contributed by atoms with Gasteiger partial charge in [-0.1, -0.05) is 36.8 Å². The molecule has 0 saturated heterocycles. The van der Waals surface area contributed by atoms with Crippen LogP contribution in [0.3, 0.4) is 0 Å².